The van der Waals surface area contributed by atoms with Gasteiger partial charge in [-0.15, -0.1) is 0 Å². The monoisotopic (exact) mass is 421 g/mol. The van der Waals surface area contributed by atoms with Gasteiger partial charge in [0.1, 0.15) is 6.10 Å². The third-order valence-electron chi connectivity index (χ3n) is 5.53. The highest BCUT2D eigenvalue weighted by molar-refractivity contribution is 5.82. The standard InChI is InChI=1S/C24H31N5O2/c1-18(2)13-29(16-19-6-7-22-21(11-19)5-4-8-25-22)24(30)23-17-28(9-10-31-23)15-20-12-26-27(3)14-20/h4-8,11-12,14,18,23H,9-10,13,15-17H2,1-3H3/t23-/m1/s1. The number of carbonyl (C=O) groups excluding carboxylic acids is 1. The highest BCUT2D eigenvalue weighted by Crippen LogP contribution is 2.18. The maximum Gasteiger partial charge on any atom is 0.253 e. The van der Waals surface area contributed by atoms with E-state index in [0.717, 1.165) is 35.1 Å². The number of nitrogens with zero attached hydrogens (tertiary/aromatic N) is 5. The topological polar surface area (TPSA) is 63.5 Å². The molecule has 3 aromatic rings. The van der Waals surface area contributed by atoms with Gasteiger partial charge >= 0.3 is 0 Å². The van der Waals surface area contributed by atoms with E-state index in [1.807, 2.05) is 41.2 Å². The molecule has 1 aliphatic heterocycles. The van der Waals surface area contributed by atoms with Crippen molar-refractivity contribution >= 4 is 16.8 Å². The Morgan fingerprint density at radius 3 is 2.94 bits per heavy atom. The fourth-order valence-electron chi connectivity index (χ4n) is 4.13. The first-order chi connectivity index (χ1) is 15.0. The van der Waals surface area contributed by atoms with Gasteiger partial charge in [0, 0.05) is 63.1 Å². The maximum atomic E-state index is 13.4. The van der Waals surface area contributed by atoms with E-state index in [2.05, 4.69) is 47.0 Å². The van der Waals surface area contributed by atoms with Gasteiger partial charge in [-0.3, -0.25) is 19.4 Å². The molecular weight excluding hydrogens is 390 g/mol. The second-order valence-electron chi connectivity index (χ2n) is 8.76. The SMILES string of the molecule is CC(C)CN(Cc1ccc2ncccc2c1)C(=O)[C@H]1CN(Cc2cnn(C)c2)CCO1. The molecular formula is C24H31N5O2. The summed E-state index contributed by atoms with van der Waals surface area (Å²) in [6.45, 7) is 8.32. The first kappa shape index (κ1) is 21.5. The molecule has 1 aromatic carbocycles. The van der Waals surface area contributed by atoms with E-state index in [-0.39, 0.29) is 5.91 Å². The Kier molecular flexibility index (Phi) is 6.63. The van der Waals surface area contributed by atoms with Crippen LogP contribution in [0.1, 0.15) is 25.0 Å². The van der Waals surface area contributed by atoms with Crippen molar-refractivity contribution in [3.8, 4) is 0 Å². The van der Waals surface area contributed by atoms with E-state index in [9.17, 15) is 4.79 Å². The van der Waals surface area contributed by atoms with Gasteiger partial charge in [-0.1, -0.05) is 26.0 Å². The van der Waals surface area contributed by atoms with Crippen LogP contribution in [0, 0.1) is 5.92 Å². The van der Waals surface area contributed by atoms with Crippen molar-refractivity contribution in [2.24, 2.45) is 13.0 Å². The van der Waals surface area contributed by atoms with Crippen LogP contribution in [0.15, 0.2) is 48.9 Å². The molecule has 0 bridgehead atoms. The number of ether oxygens (including phenoxy) is 1. The quantitative estimate of drug-likeness (QED) is 0.587. The van der Waals surface area contributed by atoms with Crippen molar-refractivity contribution in [2.75, 3.05) is 26.2 Å². The zero-order chi connectivity index (χ0) is 21.8. The van der Waals surface area contributed by atoms with Crippen molar-refractivity contribution in [3.63, 3.8) is 0 Å². The summed E-state index contributed by atoms with van der Waals surface area (Å²) in [7, 11) is 1.92. The molecule has 1 fully saturated rings. The Morgan fingerprint density at radius 2 is 2.16 bits per heavy atom. The van der Waals surface area contributed by atoms with E-state index in [1.165, 1.54) is 0 Å². The fourth-order valence-corrected chi connectivity index (χ4v) is 4.13. The Morgan fingerprint density at radius 1 is 1.29 bits per heavy atom. The number of carbonyl (C=O) groups is 1. The van der Waals surface area contributed by atoms with Gasteiger partial charge in [0.15, 0.2) is 0 Å². The number of hydrogen-bond donors (Lipinski definition) is 0. The summed E-state index contributed by atoms with van der Waals surface area (Å²) in [5.74, 6) is 0.442. The van der Waals surface area contributed by atoms with Crippen LogP contribution >= 0.6 is 0 Å². The summed E-state index contributed by atoms with van der Waals surface area (Å²) >= 11 is 0. The lowest BCUT2D eigenvalue weighted by atomic mass is 10.1. The zero-order valence-corrected chi connectivity index (χ0v) is 18.6. The molecule has 7 nitrogen and oxygen atoms in total. The van der Waals surface area contributed by atoms with E-state index < -0.39 is 6.10 Å². The summed E-state index contributed by atoms with van der Waals surface area (Å²) in [6.07, 6.45) is 5.26. The molecule has 164 valence electrons. The van der Waals surface area contributed by atoms with Crippen LogP contribution < -0.4 is 0 Å². The van der Waals surface area contributed by atoms with Crippen LogP contribution in [-0.2, 0) is 29.7 Å². The summed E-state index contributed by atoms with van der Waals surface area (Å²) in [5, 5.41) is 5.34. The summed E-state index contributed by atoms with van der Waals surface area (Å²) in [5.41, 5.74) is 3.23. The molecule has 0 saturated carbocycles. The molecule has 0 aliphatic carbocycles. The van der Waals surface area contributed by atoms with E-state index in [1.54, 1.807) is 6.20 Å². The lowest BCUT2D eigenvalue weighted by Crippen LogP contribution is -2.51. The van der Waals surface area contributed by atoms with Gasteiger partial charge in [-0.2, -0.15) is 5.10 Å². The second kappa shape index (κ2) is 9.58. The van der Waals surface area contributed by atoms with Gasteiger partial charge in [-0.05, 0) is 29.7 Å². The Hall–Kier alpha value is -2.77. The Labute approximate surface area is 183 Å². The number of aryl methyl sites for hydroxylation is 1. The highest BCUT2D eigenvalue weighted by atomic mass is 16.5. The van der Waals surface area contributed by atoms with Crippen LogP contribution in [0.5, 0.6) is 0 Å². The largest absolute Gasteiger partial charge is 0.366 e. The number of hydrogen-bond acceptors (Lipinski definition) is 5. The molecule has 0 spiro atoms. The van der Waals surface area contributed by atoms with Crippen molar-refractivity contribution in [1.82, 2.24) is 24.6 Å². The van der Waals surface area contributed by atoms with Crippen LogP contribution in [0.4, 0.5) is 0 Å². The lowest BCUT2D eigenvalue weighted by Gasteiger charge is -2.35. The van der Waals surface area contributed by atoms with Gasteiger partial charge < -0.3 is 9.64 Å². The molecule has 1 atom stereocenters. The summed E-state index contributed by atoms with van der Waals surface area (Å²) < 4.78 is 7.73. The third-order valence-corrected chi connectivity index (χ3v) is 5.53. The van der Waals surface area contributed by atoms with Crippen LogP contribution in [0.25, 0.3) is 10.9 Å². The third kappa shape index (κ3) is 5.48. The molecule has 4 rings (SSSR count). The molecule has 3 heterocycles. The number of rotatable bonds is 7. The zero-order valence-electron chi connectivity index (χ0n) is 18.6. The van der Waals surface area contributed by atoms with Crippen LogP contribution in [0.2, 0.25) is 0 Å². The first-order valence-corrected chi connectivity index (χ1v) is 10.9. The van der Waals surface area contributed by atoms with Crippen molar-refractivity contribution in [1.29, 1.82) is 0 Å². The predicted molar refractivity (Wildman–Crippen MR) is 120 cm³/mol. The minimum atomic E-state index is -0.439. The van der Waals surface area contributed by atoms with E-state index in [4.69, 9.17) is 4.74 Å². The lowest BCUT2D eigenvalue weighted by molar-refractivity contribution is -0.151. The molecule has 0 radical (unpaired) electrons. The molecule has 2 aromatic heterocycles. The van der Waals surface area contributed by atoms with Crippen LogP contribution in [-0.4, -0.2) is 62.8 Å². The molecule has 1 amide bonds. The molecule has 1 aliphatic rings. The van der Waals surface area contributed by atoms with Gasteiger partial charge in [0.05, 0.1) is 18.3 Å². The summed E-state index contributed by atoms with van der Waals surface area (Å²) in [6, 6.07) is 10.2. The minimum absolute atomic E-state index is 0.0656. The molecule has 31 heavy (non-hydrogen) atoms. The van der Waals surface area contributed by atoms with Gasteiger partial charge in [0.25, 0.3) is 5.91 Å². The van der Waals surface area contributed by atoms with Crippen molar-refractivity contribution < 1.29 is 9.53 Å². The normalized spacial score (nSPS) is 17.4. The molecule has 7 heteroatoms. The number of pyridine rings is 1. The smallest absolute Gasteiger partial charge is 0.253 e. The first-order valence-electron chi connectivity index (χ1n) is 10.9. The average Bonchev–Trinajstić information content (AvgIpc) is 3.17. The van der Waals surface area contributed by atoms with E-state index >= 15 is 0 Å². The fraction of sp³-hybridized carbons (Fsp3) is 0.458. The maximum absolute atomic E-state index is 13.4. The van der Waals surface area contributed by atoms with Gasteiger partial charge in [-0.25, -0.2) is 0 Å². The number of amides is 1. The van der Waals surface area contributed by atoms with E-state index in [0.29, 0.717) is 32.2 Å². The Bertz CT molecular complexity index is 1030. The minimum Gasteiger partial charge on any atom is -0.366 e. The number of fused-ring (bicyclic) bond motifs is 1. The molecule has 1 saturated heterocycles. The highest BCUT2D eigenvalue weighted by Gasteiger charge is 2.30. The number of aromatic nitrogens is 3. The summed E-state index contributed by atoms with van der Waals surface area (Å²) in [4.78, 5) is 22.1. The van der Waals surface area contributed by atoms with Crippen LogP contribution in [0.3, 0.4) is 0 Å². The average molecular weight is 422 g/mol. The van der Waals surface area contributed by atoms with Crippen molar-refractivity contribution in [2.45, 2.75) is 33.0 Å². The van der Waals surface area contributed by atoms with Gasteiger partial charge in [0.2, 0.25) is 0 Å². The molecule has 0 N–H and O–H groups in total. The number of benzene rings is 1. The second-order valence-corrected chi connectivity index (χ2v) is 8.76. The number of morpholine rings is 1. The predicted octanol–water partition coefficient (Wildman–Crippen LogP) is 2.85. The Balaban J connectivity index is 1.46. The molecule has 0 unspecified atom stereocenters. The van der Waals surface area contributed by atoms with Crippen molar-refractivity contribution in [3.05, 3.63) is 60.0 Å².